The SMILES string of the molecule is NC(=O)Nc1ccc(C(=O)OCC(=O)Nc2ccc(N3CCN(Cc4ccccc4)CC3)cc2)cc1. The Labute approximate surface area is 209 Å². The van der Waals surface area contributed by atoms with Crippen LogP contribution in [-0.4, -0.2) is 55.6 Å². The molecule has 0 aliphatic carbocycles. The van der Waals surface area contributed by atoms with Crippen molar-refractivity contribution in [2.24, 2.45) is 5.73 Å². The normalized spacial score (nSPS) is 13.6. The number of nitrogens with zero attached hydrogens (tertiary/aromatic N) is 2. The Kier molecular flexibility index (Phi) is 8.15. The molecule has 0 radical (unpaired) electrons. The van der Waals surface area contributed by atoms with E-state index in [-0.39, 0.29) is 5.56 Å². The second-order valence-corrected chi connectivity index (χ2v) is 8.49. The monoisotopic (exact) mass is 487 g/mol. The number of nitrogens with two attached hydrogens (primary N) is 1. The van der Waals surface area contributed by atoms with E-state index >= 15 is 0 Å². The Morgan fingerprint density at radius 3 is 2.03 bits per heavy atom. The third-order valence-electron chi connectivity index (χ3n) is 5.86. The standard InChI is InChI=1S/C27H29N5O4/c28-27(35)30-23-8-6-21(7-9-23)26(34)36-19-25(33)29-22-10-12-24(13-11-22)32-16-14-31(15-17-32)18-20-4-2-1-3-5-20/h1-13H,14-19H2,(H,29,33)(H3,28,30,35). The Balaban J connectivity index is 1.20. The van der Waals surface area contributed by atoms with Crippen molar-refractivity contribution in [3.8, 4) is 0 Å². The smallest absolute Gasteiger partial charge is 0.338 e. The second kappa shape index (κ2) is 11.9. The van der Waals surface area contributed by atoms with Crippen LogP contribution in [0.1, 0.15) is 15.9 Å². The first-order valence-corrected chi connectivity index (χ1v) is 11.7. The number of carbonyl (C=O) groups excluding carboxylic acids is 3. The number of hydrogen-bond donors (Lipinski definition) is 3. The molecule has 1 heterocycles. The lowest BCUT2D eigenvalue weighted by molar-refractivity contribution is -0.119. The van der Waals surface area contributed by atoms with Crippen LogP contribution >= 0.6 is 0 Å². The predicted octanol–water partition coefficient (Wildman–Crippen LogP) is 3.29. The molecule has 0 saturated carbocycles. The van der Waals surface area contributed by atoms with Gasteiger partial charge in [0, 0.05) is 49.8 Å². The number of hydrogen-bond acceptors (Lipinski definition) is 6. The fourth-order valence-corrected chi connectivity index (χ4v) is 4.00. The average molecular weight is 488 g/mol. The van der Waals surface area contributed by atoms with E-state index < -0.39 is 24.5 Å². The van der Waals surface area contributed by atoms with Crippen LogP contribution in [0, 0.1) is 0 Å². The van der Waals surface area contributed by atoms with Crippen molar-refractivity contribution in [1.82, 2.24) is 4.90 Å². The number of nitrogens with one attached hydrogen (secondary N) is 2. The lowest BCUT2D eigenvalue weighted by Crippen LogP contribution is -2.45. The topological polar surface area (TPSA) is 117 Å². The van der Waals surface area contributed by atoms with Crippen LogP contribution < -0.4 is 21.3 Å². The lowest BCUT2D eigenvalue weighted by Gasteiger charge is -2.36. The number of rotatable bonds is 8. The van der Waals surface area contributed by atoms with Crippen molar-refractivity contribution in [2.45, 2.75) is 6.54 Å². The van der Waals surface area contributed by atoms with Crippen molar-refractivity contribution in [1.29, 1.82) is 0 Å². The molecule has 1 fully saturated rings. The van der Waals surface area contributed by atoms with E-state index in [1.54, 1.807) is 0 Å². The summed E-state index contributed by atoms with van der Waals surface area (Å²) in [5.41, 5.74) is 8.82. The quantitative estimate of drug-likeness (QED) is 0.420. The van der Waals surface area contributed by atoms with Gasteiger partial charge in [0.25, 0.3) is 5.91 Å². The van der Waals surface area contributed by atoms with Gasteiger partial charge in [0.15, 0.2) is 6.61 Å². The summed E-state index contributed by atoms with van der Waals surface area (Å²) in [7, 11) is 0. The maximum absolute atomic E-state index is 12.2. The van der Waals surface area contributed by atoms with Gasteiger partial charge in [-0.25, -0.2) is 9.59 Å². The number of anilines is 3. The molecule has 9 heteroatoms. The fraction of sp³-hybridized carbons (Fsp3) is 0.222. The minimum Gasteiger partial charge on any atom is -0.452 e. The number of benzene rings is 3. The first-order valence-electron chi connectivity index (χ1n) is 11.7. The van der Waals surface area contributed by atoms with Gasteiger partial charge in [0.1, 0.15) is 0 Å². The highest BCUT2D eigenvalue weighted by Crippen LogP contribution is 2.20. The number of urea groups is 1. The zero-order valence-corrected chi connectivity index (χ0v) is 19.9. The van der Waals surface area contributed by atoms with Gasteiger partial charge < -0.3 is 26.0 Å². The number of esters is 1. The zero-order chi connectivity index (χ0) is 25.3. The van der Waals surface area contributed by atoms with E-state index in [9.17, 15) is 14.4 Å². The highest BCUT2D eigenvalue weighted by Gasteiger charge is 2.17. The molecule has 3 amide bonds. The molecule has 4 rings (SSSR count). The molecule has 4 N–H and O–H groups in total. The number of carbonyl (C=O) groups is 3. The Morgan fingerprint density at radius 2 is 1.39 bits per heavy atom. The van der Waals surface area contributed by atoms with Crippen molar-refractivity contribution in [2.75, 3.05) is 48.3 Å². The summed E-state index contributed by atoms with van der Waals surface area (Å²) in [6.45, 7) is 4.40. The number of primary amides is 1. The van der Waals surface area contributed by atoms with E-state index in [2.05, 4.69) is 44.7 Å². The maximum Gasteiger partial charge on any atom is 0.338 e. The molecule has 3 aromatic rings. The molecule has 0 bridgehead atoms. The molecule has 1 aliphatic rings. The second-order valence-electron chi connectivity index (χ2n) is 8.49. The average Bonchev–Trinajstić information content (AvgIpc) is 2.89. The first kappa shape index (κ1) is 24.7. The zero-order valence-electron chi connectivity index (χ0n) is 19.9. The minimum absolute atomic E-state index is 0.256. The highest BCUT2D eigenvalue weighted by atomic mass is 16.5. The van der Waals surface area contributed by atoms with Crippen LogP contribution in [0.15, 0.2) is 78.9 Å². The number of amides is 3. The molecule has 1 aliphatic heterocycles. The van der Waals surface area contributed by atoms with Gasteiger partial charge in [-0.05, 0) is 54.1 Å². The first-order chi connectivity index (χ1) is 17.5. The van der Waals surface area contributed by atoms with E-state index in [0.717, 1.165) is 38.4 Å². The molecule has 9 nitrogen and oxygen atoms in total. The van der Waals surface area contributed by atoms with E-state index in [1.807, 2.05) is 30.3 Å². The van der Waals surface area contributed by atoms with Gasteiger partial charge in [0.05, 0.1) is 5.56 Å². The van der Waals surface area contributed by atoms with Crippen LogP contribution in [0.25, 0.3) is 0 Å². The number of piperazine rings is 1. The summed E-state index contributed by atoms with van der Waals surface area (Å²) < 4.78 is 5.08. The fourth-order valence-electron chi connectivity index (χ4n) is 4.00. The third kappa shape index (κ3) is 7.07. The Bertz CT molecular complexity index is 1180. The molecule has 0 aromatic heterocycles. The molecule has 3 aromatic carbocycles. The molecular formula is C27H29N5O4. The number of ether oxygens (including phenoxy) is 1. The van der Waals surface area contributed by atoms with Crippen LogP contribution in [-0.2, 0) is 16.1 Å². The highest BCUT2D eigenvalue weighted by molar-refractivity contribution is 5.96. The van der Waals surface area contributed by atoms with Crippen LogP contribution in [0.3, 0.4) is 0 Å². The minimum atomic E-state index is -0.698. The van der Waals surface area contributed by atoms with Crippen molar-refractivity contribution in [3.63, 3.8) is 0 Å². The van der Waals surface area contributed by atoms with Crippen LogP contribution in [0.2, 0.25) is 0 Å². The molecule has 1 saturated heterocycles. The molecule has 36 heavy (non-hydrogen) atoms. The Morgan fingerprint density at radius 1 is 0.778 bits per heavy atom. The summed E-state index contributed by atoms with van der Waals surface area (Å²) in [6.07, 6.45) is 0. The maximum atomic E-state index is 12.2. The summed E-state index contributed by atoms with van der Waals surface area (Å²) in [5, 5.41) is 5.14. The van der Waals surface area contributed by atoms with Crippen LogP contribution in [0.5, 0.6) is 0 Å². The van der Waals surface area contributed by atoms with Crippen molar-refractivity contribution >= 4 is 35.0 Å². The lowest BCUT2D eigenvalue weighted by atomic mass is 10.2. The van der Waals surface area contributed by atoms with Gasteiger partial charge in [-0.1, -0.05) is 30.3 Å². The van der Waals surface area contributed by atoms with Crippen molar-refractivity contribution in [3.05, 3.63) is 90.0 Å². The van der Waals surface area contributed by atoms with Gasteiger partial charge in [-0.3, -0.25) is 9.69 Å². The molecule has 0 atom stereocenters. The van der Waals surface area contributed by atoms with E-state index in [1.165, 1.54) is 29.8 Å². The van der Waals surface area contributed by atoms with E-state index in [0.29, 0.717) is 11.4 Å². The third-order valence-corrected chi connectivity index (χ3v) is 5.86. The molecule has 0 spiro atoms. The summed E-state index contributed by atoms with van der Waals surface area (Å²) in [5.74, 6) is -1.07. The molecule has 186 valence electrons. The summed E-state index contributed by atoms with van der Waals surface area (Å²) in [4.78, 5) is 40.0. The summed E-state index contributed by atoms with van der Waals surface area (Å²) >= 11 is 0. The van der Waals surface area contributed by atoms with E-state index in [4.69, 9.17) is 10.5 Å². The van der Waals surface area contributed by atoms with Gasteiger partial charge in [-0.15, -0.1) is 0 Å². The van der Waals surface area contributed by atoms with Gasteiger partial charge >= 0.3 is 12.0 Å². The van der Waals surface area contributed by atoms with Crippen LogP contribution in [0.4, 0.5) is 21.9 Å². The van der Waals surface area contributed by atoms with Gasteiger partial charge in [-0.2, -0.15) is 0 Å². The van der Waals surface area contributed by atoms with Crippen molar-refractivity contribution < 1.29 is 19.1 Å². The molecular weight excluding hydrogens is 458 g/mol. The largest absolute Gasteiger partial charge is 0.452 e. The summed E-state index contributed by atoms with van der Waals surface area (Å²) in [6, 6.07) is 23.4. The van der Waals surface area contributed by atoms with Gasteiger partial charge in [0.2, 0.25) is 0 Å². The Hall–Kier alpha value is -4.37. The predicted molar refractivity (Wildman–Crippen MR) is 139 cm³/mol. The molecule has 0 unspecified atom stereocenters.